The number of hydrogen-bond donors (Lipinski definition) is 1. The summed E-state index contributed by atoms with van der Waals surface area (Å²) in [5, 5.41) is 3.31. The summed E-state index contributed by atoms with van der Waals surface area (Å²) >= 11 is 6.46. The summed E-state index contributed by atoms with van der Waals surface area (Å²) in [6.07, 6.45) is 3.07. The summed E-state index contributed by atoms with van der Waals surface area (Å²) < 4.78 is 16.8. The lowest BCUT2D eigenvalue weighted by molar-refractivity contribution is -0.121. The van der Waals surface area contributed by atoms with E-state index in [-0.39, 0.29) is 17.7 Å². The van der Waals surface area contributed by atoms with Crippen molar-refractivity contribution in [2.45, 2.75) is 39.5 Å². The second-order valence-corrected chi connectivity index (χ2v) is 8.58. The fourth-order valence-electron chi connectivity index (χ4n) is 3.92. The zero-order valence-electron chi connectivity index (χ0n) is 20.1. The molecule has 2 aromatic rings. The highest BCUT2D eigenvalue weighted by Gasteiger charge is 2.29. The van der Waals surface area contributed by atoms with E-state index < -0.39 is 0 Å². The predicted octanol–water partition coefficient (Wildman–Crippen LogP) is 5.42. The highest BCUT2D eigenvalue weighted by Crippen LogP contribution is 2.37. The number of nitrogens with one attached hydrogen (secondary N) is 1. The lowest BCUT2D eigenvalue weighted by Crippen LogP contribution is -2.41. The Bertz CT molecular complexity index is 989. The summed E-state index contributed by atoms with van der Waals surface area (Å²) in [6.45, 7) is 5.90. The van der Waals surface area contributed by atoms with E-state index >= 15 is 0 Å². The first-order chi connectivity index (χ1) is 16.5. The number of anilines is 1. The summed E-state index contributed by atoms with van der Waals surface area (Å²) in [6, 6.07) is 10.6. The number of rotatable bonds is 10. The van der Waals surface area contributed by atoms with Crippen molar-refractivity contribution in [1.29, 1.82) is 0 Å². The fraction of sp³-hybridized carbons (Fsp3) is 0.462. The molecule has 1 fully saturated rings. The van der Waals surface area contributed by atoms with Crippen LogP contribution in [0.3, 0.4) is 0 Å². The summed E-state index contributed by atoms with van der Waals surface area (Å²) in [5.74, 6) is 1.19. The maximum atomic E-state index is 13.2. The molecule has 1 N–H and O–H groups in total. The maximum absolute atomic E-state index is 13.2. The van der Waals surface area contributed by atoms with Crippen LogP contribution in [0.25, 0.3) is 0 Å². The number of hydrogen-bond acceptors (Lipinski definition) is 5. The first-order valence-electron chi connectivity index (χ1n) is 11.8. The number of ether oxygens (including phenoxy) is 3. The van der Waals surface area contributed by atoms with Crippen LogP contribution in [0.5, 0.6) is 17.2 Å². The van der Waals surface area contributed by atoms with E-state index in [0.29, 0.717) is 72.7 Å². The molecule has 0 bridgehead atoms. The molecule has 0 radical (unpaired) electrons. The van der Waals surface area contributed by atoms with E-state index in [4.69, 9.17) is 25.8 Å². The average Bonchev–Trinajstić information content (AvgIpc) is 2.85. The van der Waals surface area contributed by atoms with Crippen molar-refractivity contribution < 1.29 is 23.8 Å². The summed E-state index contributed by atoms with van der Waals surface area (Å²) in [7, 11) is 1.57. The quantitative estimate of drug-likeness (QED) is 0.452. The number of piperidine rings is 1. The van der Waals surface area contributed by atoms with E-state index in [9.17, 15) is 9.59 Å². The minimum Gasteiger partial charge on any atom is -0.495 e. The minimum absolute atomic E-state index is 0.0631. The zero-order valence-corrected chi connectivity index (χ0v) is 20.8. The predicted molar refractivity (Wildman–Crippen MR) is 133 cm³/mol. The van der Waals surface area contributed by atoms with Gasteiger partial charge >= 0.3 is 0 Å². The summed E-state index contributed by atoms with van der Waals surface area (Å²) in [5.41, 5.74) is 1.10. The monoisotopic (exact) mass is 488 g/mol. The zero-order chi connectivity index (χ0) is 24.5. The van der Waals surface area contributed by atoms with Crippen LogP contribution >= 0.6 is 11.6 Å². The van der Waals surface area contributed by atoms with Gasteiger partial charge in [-0.1, -0.05) is 37.1 Å². The van der Waals surface area contributed by atoms with Crippen LogP contribution in [-0.4, -0.2) is 50.1 Å². The number of carbonyl (C=O) groups excluding carboxylic acids is 2. The molecule has 1 heterocycles. The molecular weight excluding hydrogens is 456 g/mol. The molecule has 7 nitrogen and oxygen atoms in total. The molecule has 0 unspecified atom stereocenters. The van der Waals surface area contributed by atoms with Gasteiger partial charge in [-0.2, -0.15) is 0 Å². The second-order valence-electron chi connectivity index (χ2n) is 8.18. The Balaban J connectivity index is 1.63. The van der Waals surface area contributed by atoms with Gasteiger partial charge in [-0.05, 0) is 50.5 Å². The highest BCUT2D eigenvalue weighted by molar-refractivity contribution is 6.32. The van der Waals surface area contributed by atoms with Crippen LogP contribution < -0.4 is 19.5 Å². The first kappa shape index (κ1) is 25.7. The third-order valence-corrected chi connectivity index (χ3v) is 6.10. The van der Waals surface area contributed by atoms with Crippen LogP contribution in [0.4, 0.5) is 5.69 Å². The van der Waals surface area contributed by atoms with Crippen LogP contribution in [0.1, 0.15) is 49.9 Å². The van der Waals surface area contributed by atoms with Gasteiger partial charge < -0.3 is 24.4 Å². The number of nitrogens with zero attached hydrogens (tertiary/aromatic N) is 1. The van der Waals surface area contributed by atoms with Gasteiger partial charge in [0.2, 0.25) is 5.91 Å². The van der Waals surface area contributed by atoms with E-state index in [1.165, 1.54) is 0 Å². The van der Waals surface area contributed by atoms with Crippen molar-refractivity contribution in [3.05, 3.63) is 47.0 Å². The van der Waals surface area contributed by atoms with Gasteiger partial charge in [0.25, 0.3) is 5.91 Å². The topological polar surface area (TPSA) is 77.1 Å². The third-order valence-electron chi connectivity index (χ3n) is 5.82. The molecule has 184 valence electrons. The number of para-hydroxylation sites is 2. The fourth-order valence-corrected chi connectivity index (χ4v) is 4.19. The number of halogens is 1. The largest absolute Gasteiger partial charge is 0.495 e. The molecular formula is C26H33ClN2O5. The number of amides is 2. The molecule has 0 aromatic heterocycles. The second kappa shape index (κ2) is 12.5. The molecule has 2 aromatic carbocycles. The van der Waals surface area contributed by atoms with Gasteiger partial charge in [0.1, 0.15) is 5.75 Å². The van der Waals surface area contributed by atoms with Crippen molar-refractivity contribution in [3.63, 3.8) is 0 Å². The molecule has 1 aliphatic rings. The number of unbranched alkanes of at least 4 members (excludes halogenated alkanes) is 1. The molecule has 8 heteroatoms. The number of methoxy groups -OCH3 is 1. The van der Waals surface area contributed by atoms with Crippen molar-refractivity contribution in [1.82, 2.24) is 4.90 Å². The lowest BCUT2D eigenvalue weighted by atomic mass is 9.95. The first-order valence-corrected chi connectivity index (χ1v) is 12.2. The van der Waals surface area contributed by atoms with Gasteiger partial charge in [-0.15, -0.1) is 0 Å². The van der Waals surface area contributed by atoms with Gasteiger partial charge in [0.15, 0.2) is 11.5 Å². The normalized spacial score (nSPS) is 13.9. The molecule has 0 aliphatic carbocycles. The Morgan fingerprint density at radius 3 is 2.50 bits per heavy atom. The van der Waals surface area contributed by atoms with Crippen LogP contribution in [0.15, 0.2) is 36.4 Å². The standard InChI is InChI=1S/C26H33ClN2O5/c1-4-6-15-34-24-20(27)16-19(17-23(24)33-5-2)26(31)29-13-11-18(12-14-29)25(30)28-21-9-7-8-10-22(21)32-3/h7-10,16-18H,4-6,11-15H2,1-3H3,(H,28,30). The Morgan fingerprint density at radius 1 is 1.09 bits per heavy atom. The van der Waals surface area contributed by atoms with Crippen LogP contribution in [0, 0.1) is 5.92 Å². The van der Waals surface area contributed by atoms with Crippen molar-refractivity contribution >= 4 is 29.1 Å². The van der Waals surface area contributed by atoms with Gasteiger partial charge in [0, 0.05) is 24.6 Å². The Morgan fingerprint density at radius 2 is 1.82 bits per heavy atom. The van der Waals surface area contributed by atoms with E-state index in [0.717, 1.165) is 12.8 Å². The van der Waals surface area contributed by atoms with Gasteiger partial charge in [0.05, 0.1) is 31.0 Å². The summed E-state index contributed by atoms with van der Waals surface area (Å²) in [4.78, 5) is 27.7. The molecule has 0 spiro atoms. The van der Waals surface area contributed by atoms with Gasteiger partial charge in [-0.25, -0.2) is 0 Å². The van der Waals surface area contributed by atoms with Crippen LogP contribution in [-0.2, 0) is 4.79 Å². The molecule has 34 heavy (non-hydrogen) atoms. The Kier molecular flexibility index (Phi) is 9.45. The molecule has 3 rings (SSSR count). The van der Waals surface area contributed by atoms with Crippen molar-refractivity contribution in [2.75, 3.05) is 38.7 Å². The van der Waals surface area contributed by atoms with Crippen molar-refractivity contribution in [2.24, 2.45) is 5.92 Å². The average molecular weight is 489 g/mol. The smallest absolute Gasteiger partial charge is 0.254 e. The third kappa shape index (κ3) is 6.35. The maximum Gasteiger partial charge on any atom is 0.254 e. The Hall–Kier alpha value is -2.93. The number of likely N-dealkylation sites (tertiary alicyclic amines) is 1. The Labute approximate surface area is 206 Å². The van der Waals surface area contributed by atoms with E-state index in [1.54, 1.807) is 30.2 Å². The van der Waals surface area contributed by atoms with Gasteiger partial charge in [-0.3, -0.25) is 9.59 Å². The lowest BCUT2D eigenvalue weighted by Gasteiger charge is -2.31. The minimum atomic E-state index is -0.175. The molecule has 1 saturated heterocycles. The van der Waals surface area contributed by atoms with Crippen LogP contribution in [0.2, 0.25) is 5.02 Å². The van der Waals surface area contributed by atoms with E-state index in [1.807, 2.05) is 25.1 Å². The highest BCUT2D eigenvalue weighted by atomic mass is 35.5. The molecule has 1 aliphatic heterocycles. The number of carbonyl (C=O) groups is 2. The van der Waals surface area contributed by atoms with E-state index in [2.05, 4.69) is 12.2 Å². The molecule has 0 atom stereocenters. The van der Waals surface area contributed by atoms with Crippen molar-refractivity contribution in [3.8, 4) is 17.2 Å². The molecule has 2 amide bonds. The SMILES string of the molecule is CCCCOc1c(Cl)cc(C(=O)N2CCC(C(=O)Nc3ccccc3OC)CC2)cc1OCC. The number of benzene rings is 2. The molecule has 0 saturated carbocycles.